The van der Waals surface area contributed by atoms with Crippen LogP contribution in [0, 0.1) is 5.82 Å². The highest BCUT2D eigenvalue weighted by molar-refractivity contribution is 6.35. The molecule has 0 atom stereocenters. The van der Waals surface area contributed by atoms with Crippen molar-refractivity contribution in [2.45, 2.75) is 13.2 Å². The van der Waals surface area contributed by atoms with Gasteiger partial charge in [0, 0.05) is 22.7 Å². The van der Waals surface area contributed by atoms with Crippen LogP contribution in [-0.2, 0) is 13.2 Å². The standard InChI is InChI=1S/C21H17Cl3FNO2/c1-27-20-4-2-3-13(11-26-19-9-15(22)6-8-17(19)23)21(20)28-12-14-5-7-16(25)10-18(14)24/h2-10,26H,11-12H2,1H3. The van der Waals surface area contributed by atoms with E-state index in [2.05, 4.69) is 5.32 Å². The van der Waals surface area contributed by atoms with E-state index in [1.165, 1.54) is 12.1 Å². The van der Waals surface area contributed by atoms with Gasteiger partial charge >= 0.3 is 0 Å². The van der Waals surface area contributed by atoms with Gasteiger partial charge in [-0.15, -0.1) is 0 Å². The third-order valence-corrected chi connectivity index (χ3v) is 4.98. The Labute approximate surface area is 177 Å². The molecule has 0 aliphatic carbocycles. The molecule has 3 aromatic carbocycles. The molecule has 0 spiro atoms. The SMILES string of the molecule is COc1cccc(CNc2cc(Cl)ccc2Cl)c1OCc1ccc(F)cc1Cl. The van der Waals surface area contributed by atoms with E-state index in [0.29, 0.717) is 44.4 Å². The number of para-hydroxylation sites is 1. The maximum atomic E-state index is 13.2. The van der Waals surface area contributed by atoms with E-state index in [1.54, 1.807) is 37.4 Å². The Morgan fingerprint density at radius 1 is 0.929 bits per heavy atom. The minimum absolute atomic E-state index is 0.171. The number of hydrogen-bond acceptors (Lipinski definition) is 3. The summed E-state index contributed by atoms with van der Waals surface area (Å²) in [6.07, 6.45) is 0. The molecule has 0 saturated heterocycles. The molecule has 0 aromatic heterocycles. The van der Waals surface area contributed by atoms with Crippen LogP contribution in [-0.4, -0.2) is 7.11 Å². The Morgan fingerprint density at radius 3 is 2.50 bits per heavy atom. The molecule has 0 heterocycles. The van der Waals surface area contributed by atoms with Crippen molar-refractivity contribution in [3.05, 3.63) is 86.6 Å². The molecule has 7 heteroatoms. The van der Waals surface area contributed by atoms with Gasteiger partial charge in [-0.1, -0.05) is 53.0 Å². The van der Waals surface area contributed by atoms with E-state index >= 15 is 0 Å². The molecule has 146 valence electrons. The highest BCUT2D eigenvalue weighted by atomic mass is 35.5. The zero-order chi connectivity index (χ0) is 20.1. The summed E-state index contributed by atoms with van der Waals surface area (Å²) in [5.41, 5.74) is 2.24. The Kier molecular flexibility index (Phi) is 6.89. The topological polar surface area (TPSA) is 30.5 Å². The monoisotopic (exact) mass is 439 g/mol. The van der Waals surface area contributed by atoms with Crippen molar-refractivity contribution in [3.8, 4) is 11.5 Å². The zero-order valence-electron chi connectivity index (χ0n) is 14.9. The third-order valence-electron chi connectivity index (χ3n) is 4.07. The second kappa shape index (κ2) is 9.37. The molecule has 1 N–H and O–H groups in total. The minimum atomic E-state index is -0.394. The highest BCUT2D eigenvalue weighted by Gasteiger charge is 2.13. The molecule has 3 nitrogen and oxygen atoms in total. The summed E-state index contributed by atoms with van der Waals surface area (Å²) in [5, 5.41) is 4.70. The normalized spacial score (nSPS) is 10.6. The van der Waals surface area contributed by atoms with Gasteiger partial charge in [-0.2, -0.15) is 0 Å². The molecule has 0 radical (unpaired) electrons. The second-order valence-electron chi connectivity index (χ2n) is 5.95. The number of anilines is 1. The van der Waals surface area contributed by atoms with Gasteiger partial charge in [0.25, 0.3) is 0 Å². The van der Waals surface area contributed by atoms with E-state index in [9.17, 15) is 4.39 Å². The fourth-order valence-electron chi connectivity index (χ4n) is 2.64. The van der Waals surface area contributed by atoms with Crippen molar-refractivity contribution in [2.24, 2.45) is 0 Å². The Hall–Kier alpha value is -2.14. The summed E-state index contributed by atoms with van der Waals surface area (Å²) in [6.45, 7) is 0.605. The first-order valence-corrected chi connectivity index (χ1v) is 9.53. The first kappa shape index (κ1) is 20.6. The second-order valence-corrected chi connectivity index (χ2v) is 7.20. The molecular formula is C21H17Cl3FNO2. The van der Waals surface area contributed by atoms with Crippen LogP contribution in [0.2, 0.25) is 15.1 Å². The largest absolute Gasteiger partial charge is 0.493 e. The van der Waals surface area contributed by atoms with Gasteiger partial charge in [-0.05, 0) is 36.4 Å². The molecule has 0 unspecified atom stereocenters. The van der Waals surface area contributed by atoms with Crippen molar-refractivity contribution >= 4 is 40.5 Å². The lowest BCUT2D eigenvalue weighted by molar-refractivity contribution is 0.281. The van der Waals surface area contributed by atoms with Crippen molar-refractivity contribution in [2.75, 3.05) is 12.4 Å². The van der Waals surface area contributed by atoms with E-state index in [-0.39, 0.29) is 6.61 Å². The fraction of sp³-hybridized carbons (Fsp3) is 0.143. The Bertz CT molecular complexity index is 982. The summed E-state index contributed by atoms with van der Waals surface area (Å²) in [5.74, 6) is 0.750. The van der Waals surface area contributed by atoms with Crippen LogP contribution in [0.15, 0.2) is 54.6 Å². The molecule has 0 amide bonds. The van der Waals surface area contributed by atoms with Crippen molar-refractivity contribution in [1.82, 2.24) is 0 Å². The van der Waals surface area contributed by atoms with Gasteiger partial charge in [0.2, 0.25) is 0 Å². The summed E-state index contributed by atoms with van der Waals surface area (Å²) in [4.78, 5) is 0. The summed E-state index contributed by atoms with van der Waals surface area (Å²) < 4.78 is 24.6. The quantitative estimate of drug-likeness (QED) is 0.429. The van der Waals surface area contributed by atoms with Crippen molar-refractivity contribution in [3.63, 3.8) is 0 Å². The van der Waals surface area contributed by atoms with Crippen LogP contribution < -0.4 is 14.8 Å². The zero-order valence-corrected chi connectivity index (χ0v) is 17.2. The lowest BCUT2D eigenvalue weighted by Crippen LogP contribution is -2.06. The van der Waals surface area contributed by atoms with Crippen LogP contribution >= 0.6 is 34.8 Å². The van der Waals surface area contributed by atoms with E-state index in [1.807, 2.05) is 12.1 Å². The number of rotatable bonds is 7. The number of hydrogen-bond donors (Lipinski definition) is 1. The molecule has 0 bridgehead atoms. The third kappa shape index (κ3) is 5.02. The fourth-order valence-corrected chi connectivity index (χ4v) is 3.22. The first-order chi connectivity index (χ1) is 13.5. The van der Waals surface area contributed by atoms with Crippen LogP contribution in [0.3, 0.4) is 0 Å². The van der Waals surface area contributed by atoms with Gasteiger partial charge < -0.3 is 14.8 Å². The molecule has 0 aliphatic heterocycles. The minimum Gasteiger partial charge on any atom is -0.493 e. The maximum Gasteiger partial charge on any atom is 0.166 e. The average Bonchev–Trinajstić information content (AvgIpc) is 2.68. The lowest BCUT2D eigenvalue weighted by Gasteiger charge is -2.17. The van der Waals surface area contributed by atoms with E-state index < -0.39 is 5.82 Å². The van der Waals surface area contributed by atoms with Crippen molar-refractivity contribution in [1.29, 1.82) is 0 Å². The van der Waals surface area contributed by atoms with Crippen LogP contribution in [0.4, 0.5) is 10.1 Å². The molecule has 0 saturated carbocycles. The smallest absolute Gasteiger partial charge is 0.166 e. The van der Waals surface area contributed by atoms with Gasteiger partial charge in [0.05, 0.1) is 22.8 Å². The summed E-state index contributed by atoms with van der Waals surface area (Å²) >= 11 is 18.3. The van der Waals surface area contributed by atoms with Gasteiger partial charge in [-0.3, -0.25) is 0 Å². The molecule has 3 aromatic rings. The van der Waals surface area contributed by atoms with E-state index in [0.717, 1.165) is 5.56 Å². The van der Waals surface area contributed by atoms with Gasteiger partial charge in [0.1, 0.15) is 12.4 Å². The predicted octanol–water partition coefficient (Wildman–Crippen LogP) is 6.99. The van der Waals surface area contributed by atoms with Gasteiger partial charge in [0.15, 0.2) is 11.5 Å². The maximum absolute atomic E-state index is 13.2. The summed E-state index contributed by atoms with van der Waals surface area (Å²) in [6, 6.07) is 15.0. The highest BCUT2D eigenvalue weighted by Crippen LogP contribution is 2.34. The Balaban J connectivity index is 1.81. The lowest BCUT2D eigenvalue weighted by atomic mass is 10.1. The Morgan fingerprint density at radius 2 is 1.75 bits per heavy atom. The summed E-state index contributed by atoms with van der Waals surface area (Å²) in [7, 11) is 1.57. The van der Waals surface area contributed by atoms with Crippen LogP contribution in [0.1, 0.15) is 11.1 Å². The number of benzene rings is 3. The molecular weight excluding hydrogens is 424 g/mol. The molecule has 0 aliphatic rings. The predicted molar refractivity (Wildman–Crippen MR) is 113 cm³/mol. The van der Waals surface area contributed by atoms with E-state index in [4.69, 9.17) is 44.3 Å². The molecule has 28 heavy (non-hydrogen) atoms. The number of ether oxygens (including phenoxy) is 2. The number of nitrogens with one attached hydrogen (secondary N) is 1. The van der Waals surface area contributed by atoms with Crippen LogP contribution in [0.5, 0.6) is 11.5 Å². The number of halogens is 4. The van der Waals surface area contributed by atoms with Crippen LogP contribution in [0.25, 0.3) is 0 Å². The number of methoxy groups -OCH3 is 1. The van der Waals surface area contributed by atoms with Gasteiger partial charge in [-0.25, -0.2) is 4.39 Å². The average molecular weight is 441 g/mol. The molecule has 3 rings (SSSR count). The molecule has 0 fully saturated rings. The first-order valence-electron chi connectivity index (χ1n) is 8.39. The van der Waals surface area contributed by atoms with Crippen molar-refractivity contribution < 1.29 is 13.9 Å².